The molecule has 0 bridgehead atoms. The quantitative estimate of drug-likeness (QED) is 0.870. The molecule has 0 aliphatic rings. The summed E-state index contributed by atoms with van der Waals surface area (Å²) < 4.78 is 17.8. The minimum atomic E-state index is -0.529. The van der Waals surface area contributed by atoms with Gasteiger partial charge in [-0.25, -0.2) is 14.2 Å². The molecular weight excluding hydrogens is 303 g/mol. The monoisotopic (exact) mass is 314 g/mol. The molecule has 1 heterocycles. The number of hydrogen-bond acceptors (Lipinski definition) is 5. The highest BCUT2D eigenvalue weighted by molar-refractivity contribution is 7.18. The van der Waals surface area contributed by atoms with E-state index in [2.05, 4.69) is 15.0 Å². The third kappa shape index (κ3) is 3.26. The van der Waals surface area contributed by atoms with Crippen LogP contribution in [0.3, 0.4) is 0 Å². The molecule has 4 nitrogen and oxygen atoms in total. The van der Waals surface area contributed by atoms with E-state index in [0.717, 1.165) is 16.9 Å². The first kappa shape index (κ1) is 14.7. The lowest BCUT2D eigenvalue weighted by atomic mass is 10.1. The Morgan fingerprint density at radius 1 is 1.55 bits per heavy atom. The summed E-state index contributed by atoms with van der Waals surface area (Å²) in [6.45, 7) is 1.86. The van der Waals surface area contributed by atoms with Crippen LogP contribution in [0.1, 0.15) is 28.2 Å². The summed E-state index contributed by atoms with van der Waals surface area (Å²) in [7, 11) is 1.28. The van der Waals surface area contributed by atoms with Crippen LogP contribution in [0.25, 0.3) is 0 Å². The molecule has 2 aromatic rings. The number of hydrogen-bond donors (Lipinski definition) is 1. The Morgan fingerprint density at radius 3 is 2.95 bits per heavy atom. The number of halogens is 2. The summed E-state index contributed by atoms with van der Waals surface area (Å²) in [5.41, 5.74) is 0.774. The van der Waals surface area contributed by atoms with E-state index in [1.807, 2.05) is 6.92 Å². The Hall–Kier alpha value is -1.66. The number of ether oxygens (including phenoxy) is 1. The van der Waals surface area contributed by atoms with E-state index in [4.69, 9.17) is 11.6 Å². The van der Waals surface area contributed by atoms with Gasteiger partial charge in [0.25, 0.3) is 0 Å². The summed E-state index contributed by atoms with van der Waals surface area (Å²) in [6, 6.07) is 6.09. The van der Waals surface area contributed by atoms with Crippen LogP contribution in [0.15, 0.2) is 24.3 Å². The maximum atomic E-state index is 13.2. The molecule has 0 saturated heterocycles. The van der Waals surface area contributed by atoms with Crippen LogP contribution >= 0.6 is 22.9 Å². The van der Waals surface area contributed by atoms with Crippen LogP contribution in [0.4, 0.5) is 9.52 Å². The maximum absolute atomic E-state index is 13.2. The van der Waals surface area contributed by atoms with Gasteiger partial charge in [0, 0.05) is 0 Å². The highest BCUT2D eigenvalue weighted by Crippen LogP contribution is 2.30. The molecule has 1 aromatic carbocycles. The van der Waals surface area contributed by atoms with Gasteiger partial charge in [-0.2, -0.15) is 0 Å². The number of thiazole rings is 1. The fourth-order valence-corrected chi connectivity index (χ4v) is 2.82. The van der Waals surface area contributed by atoms with Crippen LogP contribution in [-0.4, -0.2) is 18.1 Å². The van der Waals surface area contributed by atoms with Crippen LogP contribution in [0, 0.1) is 5.82 Å². The van der Waals surface area contributed by atoms with Crippen molar-refractivity contribution >= 4 is 34.0 Å². The third-order valence-corrected chi connectivity index (χ3v) is 4.00. The molecular formula is C13H12ClFN2O2S. The molecule has 0 aliphatic heterocycles. The molecule has 0 fully saturated rings. The van der Waals surface area contributed by atoms with Crippen molar-refractivity contribution < 1.29 is 13.9 Å². The molecule has 2 rings (SSSR count). The summed E-state index contributed by atoms with van der Waals surface area (Å²) in [6.07, 6.45) is 0. The summed E-state index contributed by atoms with van der Waals surface area (Å²) in [5, 5.41) is 3.65. The van der Waals surface area contributed by atoms with Gasteiger partial charge in [0.2, 0.25) is 0 Å². The Morgan fingerprint density at radius 2 is 2.30 bits per heavy atom. The largest absolute Gasteiger partial charge is 0.465 e. The minimum absolute atomic E-state index is 0.0933. The Labute approximate surface area is 124 Å². The SMILES string of the molecule is COC(=O)c1sc(NC(C)c2cccc(F)c2)nc1Cl. The van der Waals surface area contributed by atoms with Crippen molar-refractivity contribution in [1.29, 1.82) is 0 Å². The first-order valence-corrected chi connectivity index (χ1v) is 6.97. The van der Waals surface area contributed by atoms with Crippen molar-refractivity contribution in [3.8, 4) is 0 Å². The molecule has 106 valence electrons. The van der Waals surface area contributed by atoms with Gasteiger partial charge in [-0.1, -0.05) is 35.1 Å². The standard InChI is InChI=1S/C13H12ClFN2O2S/c1-7(8-4-3-5-9(15)6-8)16-13-17-11(14)10(20-13)12(18)19-2/h3-7H,1-2H3,(H,16,17). The maximum Gasteiger partial charge on any atom is 0.351 e. The first-order valence-electron chi connectivity index (χ1n) is 5.78. The van der Waals surface area contributed by atoms with Gasteiger partial charge in [0.15, 0.2) is 15.2 Å². The number of benzene rings is 1. The van der Waals surface area contributed by atoms with Crippen molar-refractivity contribution in [1.82, 2.24) is 4.98 Å². The van der Waals surface area contributed by atoms with Gasteiger partial charge in [0.1, 0.15) is 5.82 Å². The Balaban J connectivity index is 2.16. The predicted octanol–water partition coefficient (Wildman–Crippen LogP) is 3.90. The third-order valence-electron chi connectivity index (χ3n) is 2.65. The fraction of sp³-hybridized carbons (Fsp3) is 0.231. The summed E-state index contributed by atoms with van der Waals surface area (Å²) in [5.74, 6) is -0.831. The molecule has 0 aliphatic carbocycles. The number of methoxy groups -OCH3 is 1. The number of nitrogens with one attached hydrogen (secondary N) is 1. The smallest absolute Gasteiger partial charge is 0.351 e. The van der Waals surface area contributed by atoms with Gasteiger partial charge in [0.05, 0.1) is 13.2 Å². The number of carbonyl (C=O) groups is 1. The van der Waals surface area contributed by atoms with Gasteiger partial charge in [-0.3, -0.25) is 0 Å². The van der Waals surface area contributed by atoms with E-state index >= 15 is 0 Å². The molecule has 1 atom stereocenters. The van der Waals surface area contributed by atoms with Gasteiger partial charge < -0.3 is 10.1 Å². The van der Waals surface area contributed by atoms with Gasteiger partial charge >= 0.3 is 5.97 Å². The summed E-state index contributed by atoms with van der Waals surface area (Å²) in [4.78, 5) is 15.7. The van der Waals surface area contributed by atoms with E-state index < -0.39 is 5.97 Å². The number of anilines is 1. The molecule has 1 unspecified atom stereocenters. The second-order valence-corrected chi connectivity index (χ2v) is 5.41. The van der Waals surface area contributed by atoms with Crippen molar-refractivity contribution in [2.45, 2.75) is 13.0 Å². The highest BCUT2D eigenvalue weighted by atomic mass is 35.5. The molecule has 0 saturated carbocycles. The Kier molecular flexibility index (Phi) is 4.57. The second-order valence-electron chi connectivity index (χ2n) is 4.05. The van der Waals surface area contributed by atoms with E-state index in [-0.39, 0.29) is 21.9 Å². The van der Waals surface area contributed by atoms with Crippen molar-refractivity contribution in [2.24, 2.45) is 0 Å². The van der Waals surface area contributed by atoms with Gasteiger partial charge in [-0.05, 0) is 24.6 Å². The molecule has 7 heteroatoms. The lowest BCUT2D eigenvalue weighted by molar-refractivity contribution is 0.0606. The zero-order valence-corrected chi connectivity index (χ0v) is 12.4. The van der Waals surface area contributed by atoms with E-state index in [9.17, 15) is 9.18 Å². The molecule has 20 heavy (non-hydrogen) atoms. The van der Waals surface area contributed by atoms with Gasteiger partial charge in [-0.15, -0.1) is 0 Å². The molecule has 1 N–H and O–H groups in total. The van der Waals surface area contributed by atoms with Crippen LogP contribution in [0.5, 0.6) is 0 Å². The molecule has 0 spiro atoms. The van der Waals surface area contributed by atoms with Crippen LogP contribution in [-0.2, 0) is 4.74 Å². The zero-order chi connectivity index (χ0) is 14.7. The normalized spacial score (nSPS) is 12.0. The topological polar surface area (TPSA) is 51.2 Å². The van der Waals surface area contributed by atoms with Crippen LogP contribution in [0.2, 0.25) is 5.15 Å². The van der Waals surface area contributed by atoms with E-state index in [0.29, 0.717) is 5.13 Å². The second kappa shape index (κ2) is 6.19. The lowest BCUT2D eigenvalue weighted by Crippen LogP contribution is -2.06. The number of nitrogens with zero attached hydrogens (tertiary/aromatic N) is 1. The minimum Gasteiger partial charge on any atom is -0.465 e. The predicted molar refractivity (Wildman–Crippen MR) is 76.9 cm³/mol. The lowest BCUT2D eigenvalue weighted by Gasteiger charge is -2.13. The molecule has 1 aromatic heterocycles. The Bertz CT molecular complexity index is 633. The molecule has 0 radical (unpaired) electrons. The number of rotatable bonds is 4. The van der Waals surface area contributed by atoms with Crippen LogP contribution < -0.4 is 5.32 Å². The molecule has 0 amide bonds. The van der Waals surface area contributed by atoms with Crippen molar-refractivity contribution in [3.05, 3.63) is 45.7 Å². The average molecular weight is 315 g/mol. The fourth-order valence-electron chi connectivity index (χ4n) is 1.63. The number of aromatic nitrogens is 1. The highest BCUT2D eigenvalue weighted by Gasteiger charge is 2.18. The zero-order valence-electron chi connectivity index (χ0n) is 10.8. The average Bonchev–Trinajstić information content (AvgIpc) is 2.78. The van der Waals surface area contributed by atoms with Crippen molar-refractivity contribution in [3.63, 3.8) is 0 Å². The number of esters is 1. The van der Waals surface area contributed by atoms with Crippen molar-refractivity contribution in [2.75, 3.05) is 12.4 Å². The van der Waals surface area contributed by atoms with E-state index in [1.54, 1.807) is 12.1 Å². The number of carbonyl (C=O) groups excluding carboxylic acids is 1. The summed E-state index contributed by atoms with van der Waals surface area (Å²) >= 11 is 6.97. The van der Waals surface area contributed by atoms with E-state index in [1.165, 1.54) is 19.2 Å². The first-order chi connectivity index (χ1) is 9.51.